The number of halogens is 1. The van der Waals surface area contributed by atoms with Gasteiger partial charge in [-0.3, -0.25) is 4.79 Å². The number of ether oxygens (including phenoxy) is 1. The molecule has 4 heteroatoms. The molecule has 110 valence electrons. The summed E-state index contributed by atoms with van der Waals surface area (Å²) >= 11 is 3.39. The van der Waals surface area contributed by atoms with Crippen molar-refractivity contribution >= 4 is 27.5 Å². The number of anilines is 1. The van der Waals surface area contributed by atoms with Crippen LogP contribution in [0.4, 0.5) is 5.69 Å². The number of carbonyl (C=O) groups excluding carboxylic acids is 1. The van der Waals surface area contributed by atoms with Gasteiger partial charge in [-0.1, -0.05) is 26.0 Å². The first-order chi connectivity index (χ1) is 10.0. The van der Waals surface area contributed by atoms with Crippen molar-refractivity contribution in [1.29, 1.82) is 0 Å². The van der Waals surface area contributed by atoms with E-state index in [1.165, 1.54) is 5.56 Å². The quantitative estimate of drug-likeness (QED) is 0.859. The van der Waals surface area contributed by atoms with Crippen LogP contribution in [0.25, 0.3) is 0 Å². The summed E-state index contributed by atoms with van der Waals surface area (Å²) in [5.74, 6) is 0.957. The molecule has 2 aromatic carbocycles. The molecule has 0 aliphatic heterocycles. The molecule has 0 atom stereocenters. The van der Waals surface area contributed by atoms with E-state index in [2.05, 4.69) is 35.1 Å². The second-order valence-electron chi connectivity index (χ2n) is 5.08. The molecule has 0 spiro atoms. The molecule has 0 aliphatic rings. The summed E-state index contributed by atoms with van der Waals surface area (Å²) in [4.78, 5) is 12.3. The zero-order chi connectivity index (χ0) is 15.4. The minimum Gasteiger partial charge on any atom is -0.497 e. The van der Waals surface area contributed by atoms with E-state index >= 15 is 0 Å². The molecule has 0 heterocycles. The molecule has 0 fully saturated rings. The van der Waals surface area contributed by atoms with Gasteiger partial charge in [0.1, 0.15) is 5.75 Å². The van der Waals surface area contributed by atoms with Crippen molar-refractivity contribution in [1.82, 2.24) is 0 Å². The van der Waals surface area contributed by atoms with Gasteiger partial charge in [0.2, 0.25) is 0 Å². The Morgan fingerprint density at radius 3 is 2.38 bits per heavy atom. The van der Waals surface area contributed by atoms with Crippen molar-refractivity contribution in [2.24, 2.45) is 0 Å². The van der Waals surface area contributed by atoms with E-state index < -0.39 is 0 Å². The maximum atomic E-state index is 12.3. The number of amides is 1. The summed E-state index contributed by atoms with van der Waals surface area (Å²) in [6, 6.07) is 13.2. The number of methoxy groups -OCH3 is 1. The van der Waals surface area contributed by atoms with Crippen molar-refractivity contribution in [2.45, 2.75) is 19.8 Å². The predicted octanol–water partition coefficient (Wildman–Crippen LogP) is 4.83. The highest BCUT2D eigenvalue weighted by Gasteiger charge is 2.12. The molecule has 0 saturated carbocycles. The highest BCUT2D eigenvalue weighted by molar-refractivity contribution is 9.10. The highest BCUT2D eigenvalue weighted by atomic mass is 79.9. The third-order valence-electron chi connectivity index (χ3n) is 3.25. The Hall–Kier alpha value is -1.81. The summed E-state index contributed by atoms with van der Waals surface area (Å²) in [6.07, 6.45) is 0. The van der Waals surface area contributed by atoms with Gasteiger partial charge in [0.25, 0.3) is 5.91 Å². The molecule has 1 N–H and O–H groups in total. The fraction of sp³-hybridized carbons (Fsp3) is 0.235. The Morgan fingerprint density at radius 2 is 1.81 bits per heavy atom. The third kappa shape index (κ3) is 3.85. The number of carbonyl (C=O) groups is 1. The topological polar surface area (TPSA) is 38.3 Å². The van der Waals surface area contributed by atoms with Gasteiger partial charge < -0.3 is 10.1 Å². The van der Waals surface area contributed by atoms with Gasteiger partial charge in [0, 0.05) is 10.2 Å². The molecular formula is C17H18BrNO2. The maximum absolute atomic E-state index is 12.3. The largest absolute Gasteiger partial charge is 0.497 e. The molecule has 1 amide bonds. The van der Waals surface area contributed by atoms with Crippen LogP contribution in [0, 0.1) is 0 Å². The van der Waals surface area contributed by atoms with Crippen LogP contribution in [0.2, 0.25) is 0 Å². The second-order valence-corrected chi connectivity index (χ2v) is 5.93. The van der Waals surface area contributed by atoms with E-state index in [-0.39, 0.29) is 5.91 Å². The predicted molar refractivity (Wildman–Crippen MR) is 89.2 cm³/mol. The lowest BCUT2D eigenvalue weighted by atomic mass is 10.0. The van der Waals surface area contributed by atoms with Gasteiger partial charge in [-0.05, 0) is 57.7 Å². The molecule has 0 aromatic heterocycles. The van der Waals surface area contributed by atoms with Crippen LogP contribution >= 0.6 is 15.9 Å². The molecule has 2 aromatic rings. The van der Waals surface area contributed by atoms with Crippen LogP contribution in [-0.2, 0) is 0 Å². The molecule has 0 aliphatic carbocycles. The van der Waals surface area contributed by atoms with Crippen molar-refractivity contribution in [2.75, 3.05) is 12.4 Å². The number of nitrogens with one attached hydrogen (secondary N) is 1. The van der Waals surface area contributed by atoms with E-state index in [0.717, 1.165) is 10.2 Å². The third-order valence-corrected chi connectivity index (χ3v) is 3.94. The lowest BCUT2D eigenvalue weighted by molar-refractivity contribution is 0.102. The molecule has 21 heavy (non-hydrogen) atoms. The lowest BCUT2D eigenvalue weighted by Gasteiger charge is -2.10. The van der Waals surface area contributed by atoms with Crippen LogP contribution in [-0.4, -0.2) is 13.0 Å². The molecule has 3 nitrogen and oxygen atoms in total. The zero-order valence-corrected chi connectivity index (χ0v) is 13.9. The van der Waals surface area contributed by atoms with Gasteiger partial charge in [-0.15, -0.1) is 0 Å². The monoisotopic (exact) mass is 347 g/mol. The molecule has 0 saturated heterocycles. The van der Waals surface area contributed by atoms with Gasteiger partial charge in [-0.25, -0.2) is 0 Å². The minimum atomic E-state index is -0.168. The fourth-order valence-electron chi connectivity index (χ4n) is 1.96. The van der Waals surface area contributed by atoms with Crippen molar-refractivity contribution in [3.8, 4) is 5.75 Å². The average molecular weight is 348 g/mol. The van der Waals surface area contributed by atoms with Gasteiger partial charge in [0.05, 0.1) is 12.7 Å². The van der Waals surface area contributed by atoms with E-state index in [1.54, 1.807) is 25.3 Å². The van der Waals surface area contributed by atoms with E-state index in [9.17, 15) is 4.79 Å². The van der Waals surface area contributed by atoms with Crippen LogP contribution in [0.15, 0.2) is 46.9 Å². The first-order valence-electron chi connectivity index (χ1n) is 6.76. The highest BCUT2D eigenvalue weighted by Crippen LogP contribution is 2.24. The van der Waals surface area contributed by atoms with Crippen LogP contribution < -0.4 is 10.1 Å². The summed E-state index contributed by atoms with van der Waals surface area (Å²) < 4.78 is 5.89. The first kappa shape index (κ1) is 15.6. The van der Waals surface area contributed by atoms with Crippen molar-refractivity contribution in [3.63, 3.8) is 0 Å². The Morgan fingerprint density at radius 1 is 1.14 bits per heavy atom. The van der Waals surface area contributed by atoms with Crippen molar-refractivity contribution in [3.05, 3.63) is 58.1 Å². The second kappa shape index (κ2) is 6.76. The summed E-state index contributed by atoms with van der Waals surface area (Å²) in [5, 5.41) is 2.89. The Kier molecular flexibility index (Phi) is 5.02. The number of hydrogen-bond donors (Lipinski definition) is 1. The fourth-order valence-corrected chi connectivity index (χ4v) is 2.38. The lowest BCUT2D eigenvalue weighted by Crippen LogP contribution is -2.12. The summed E-state index contributed by atoms with van der Waals surface area (Å²) in [7, 11) is 1.58. The van der Waals surface area contributed by atoms with Crippen molar-refractivity contribution < 1.29 is 9.53 Å². The Balaban J connectivity index is 2.17. The molecule has 2 rings (SSSR count). The first-order valence-corrected chi connectivity index (χ1v) is 7.55. The van der Waals surface area contributed by atoms with E-state index in [0.29, 0.717) is 17.2 Å². The minimum absolute atomic E-state index is 0.168. The molecule has 0 bridgehead atoms. The Labute approximate surface area is 133 Å². The molecular weight excluding hydrogens is 330 g/mol. The SMILES string of the molecule is COc1ccc(Br)c(C(=O)Nc2ccc(C(C)C)cc2)c1. The number of hydrogen-bond acceptors (Lipinski definition) is 2. The average Bonchev–Trinajstić information content (AvgIpc) is 2.48. The van der Waals surface area contributed by atoms with Gasteiger partial charge in [0.15, 0.2) is 0 Å². The number of rotatable bonds is 4. The maximum Gasteiger partial charge on any atom is 0.256 e. The van der Waals surface area contributed by atoms with Crippen LogP contribution in [0.1, 0.15) is 35.7 Å². The zero-order valence-electron chi connectivity index (χ0n) is 12.3. The summed E-state index contributed by atoms with van der Waals surface area (Å²) in [6.45, 7) is 4.28. The van der Waals surface area contributed by atoms with Crippen LogP contribution in [0.3, 0.4) is 0 Å². The van der Waals surface area contributed by atoms with Crippen LogP contribution in [0.5, 0.6) is 5.75 Å². The Bertz CT molecular complexity index is 636. The van der Waals surface area contributed by atoms with E-state index in [4.69, 9.17) is 4.74 Å². The van der Waals surface area contributed by atoms with Gasteiger partial charge >= 0.3 is 0 Å². The smallest absolute Gasteiger partial charge is 0.256 e. The number of benzene rings is 2. The van der Waals surface area contributed by atoms with E-state index in [1.807, 2.05) is 24.3 Å². The molecule has 0 unspecified atom stereocenters. The normalized spacial score (nSPS) is 10.5. The standard InChI is InChI=1S/C17H18BrNO2/c1-11(2)12-4-6-13(7-5-12)19-17(20)15-10-14(21-3)8-9-16(15)18/h4-11H,1-3H3,(H,19,20). The van der Waals surface area contributed by atoms with Gasteiger partial charge in [-0.2, -0.15) is 0 Å². The molecule has 0 radical (unpaired) electrons. The summed E-state index contributed by atoms with van der Waals surface area (Å²) in [5.41, 5.74) is 2.57.